The first kappa shape index (κ1) is 22.0. The lowest BCUT2D eigenvalue weighted by atomic mass is 10.1. The molecule has 0 radical (unpaired) electrons. The van der Waals surface area contributed by atoms with Crippen LogP contribution in [0.25, 0.3) is 16.9 Å². The van der Waals surface area contributed by atoms with E-state index in [0.29, 0.717) is 12.0 Å². The van der Waals surface area contributed by atoms with Crippen molar-refractivity contribution in [1.82, 2.24) is 24.4 Å². The number of nitrogens with one attached hydrogen (secondary N) is 2. The maximum Gasteiger partial charge on any atom is 0.225 e. The van der Waals surface area contributed by atoms with Gasteiger partial charge < -0.3 is 10.6 Å². The zero-order valence-corrected chi connectivity index (χ0v) is 20.3. The van der Waals surface area contributed by atoms with Crippen LogP contribution in [0.15, 0.2) is 67.1 Å². The zero-order valence-electron chi connectivity index (χ0n) is 20.3. The Morgan fingerprint density at radius 2 is 1.91 bits per heavy atom. The van der Waals surface area contributed by atoms with E-state index in [9.17, 15) is 0 Å². The second-order valence-electron chi connectivity index (χ2n) is 9.95. The summed E-state index contributed by atoms with van der Waals surface area (Å²) >= 11 is 0. The van der Waals surface area contributed by atoms with Gasteiger partial charge in [-0.3, -0.25) is 9.47 Å². The van der Waals surface area contributed by atoms with Crippen molar-refractivity contribution in [3.63, 3.8) is 0 Å². The van der Waals surface area contributed by atoms with Crippen LogP contribution in [0.2, 0.25) is 0 Å². The average molecular weight is 468 g/mol. The molecule has 1 aliphatic carbocycles. The molecule has 6 rings (SSSR count). The van der Waals surface area contributed by atoms with Crippen molar-refractivity contribution in [1.29, 1.82) is 0 Å². The number of imidazole rings is 1. The van der Waals surface area contributed by atoms with Gasteiger partial charge in [-0.05, 0) is 74.9 Å². The van der Waals surface area contributed by atoms with Gasteiger partial charge in [0.05, 0.1) is 17.1 Å². The maximum atomic E-state index is 4.76. The predicted octanol–water partition coefficient (Wildman–Crippen LogP) is 5.27. The normalized spacial score (nSPS) is 19.2. The van der Waals surface area contributed by atoms with Crippen molar-refractivity contribution in [2.75, 3.05) is 30.3 Å². The molecule has 3 heterocycles. The summed E-state index contributed by atoms with van der Waals surface area (Å²) in [5.74, 6) is 2.36. The standard InChI is InChI=1S/C28H33N7/c1-20(22-6-3-2-4-7-22)32-28-29-14-13-27(33-28)35-19-31-25-16-23(11-12-26(25)35)30-17-24-8-5-15-34(24)18-21-9-10-21/h2-4,6-7,11-14,16,19-21,24,30H,5,8-10,15,17-18H2,1H3,(H,29,32,33). The first-order chi connectivity index (χ1) is 17.2. The predicted molar refractivity (Wildman–Crippen MR) is 141 cm³/mol. The molecule has 2 aromatic heterocycles. The molecular formula is C28H33N7. The van der Waals surface area contributed by atoms with E-state index in [1.807, 2.05) is 35.2 Å². The van der Waals surface area contributed by atoms with Crippen LogP contribution < -0.4 is 10.6 Å². The highest BCUT2D eigenvalue weighted by Gasteiger charge is 2.30. The van der Waals surface area contributed by atoms with E-state index in [1.54, 1.807) is 6.20 Å². The van der Waals surface area contributed by atoms with Gasteiger partial charge in [-0.15, -0.1) is 0 Å². The lowest BCUT2D eigenvalue weighted by Crippen LogP contribution is -2.36. The number of hydrogen-bond acceptors (Lipinski definition) is 6. The van der Waals surface area contributed by atoms with Gasteiger partial charge in [0, 0.05) is 31.0 Å². The molecule has 0 bridgehead atoms. The van der Waals surface area contributed by atoms with Gasteiger partial charge in [0.15, 0.2) is 0 Å². The van der Waals surface area contributed by atoms with Crippen molar-refractivity contribution < 1.29 is 0 Å². The molecule has 1 aliphatic heterocycles. The van der Waals surface area contributed by atoms with Crippen molar-refractivity contribution in [3.05, 3.63) is 72.7 Å². The van der Waals surface area contributed by atoms with Crippen LogP contribution in [-0.2, 0) is 0 Å². The number of fused-ring (bicyclic) bond motifs is 1. The van der Waals surface area contributed by atoms with Gasteiger partial charge >= 0.3 is 0 Å². The molecule has 180 valence electrons. The molecule has 2 fully saturated rings. The lowest BCUT2D eigenvalue weighted by Gasteiger charge is -2.25. The van der Waals surface area contributed by atoms with E-state index < -0.39 is 0 Å². The van der Waals surface area contributed by atoms with E-state index in [0.717, 1.165) is 35.0 Å². The summed E-state index contributed by atoms with van der Waals surface area (Å²) in [5, 5.41) is 7.08. The van der Waals surface area contributed by atoms with Gasteiger partial charge in [-0.2, -0.15) is 4.98 Å². The van der Waals surface area contributed by atoms with Crippen LogP contribution >= 0.6 is 0 Å². The minimum atomic E-state index is 0.111. The van der Waals surface area contributed by atoms with Crippen LogP contribution in [0.4, 0.5) is 11.6 Å². The fourth-order valence-electron chi connectivity index (χ4n) is 5.11. The molecule has 7 heteroatoms. The summed E-state index contributed by atoms with van der Waals surface area (Å²) in [6, 6.07) is 19.4. The van der Waals surface area contributed by atoms with Gasteiger partial charge in [0.25, 0.3) is 0 Å². The van der Waals surface area contributed by atoms with Gasteiger partial charge in [0.1, 0.15) is 12.1 Å². The smallest absolute Gasteiger partial charge is 0.225 e. The molecule has 4 aromatic rings. The molecule has 2 aromatic carbocycles. The number of aromatic nitrogens is 4. The van der Waals surface area contributed by atoms with Crippen LogP contribution in [0.3, 0.4) is 0 Å². The van der Waals surface area contributed by atoms with Crippen molar-refractivity contribution in [2.24, 2.45) is 5.92 Å². The monoisotopic (exact) mass is 467 g/mol. The van der Waals surface area contributed by atoms with Crippen LogP contribution in [0.1, 0.15) is 44.2 Å². The Morgan fingerprint density at radius 3 is 2.77 bits per heavy atom. The first-order valence-corrected chi connectivity index (χ1v) is 12.8. The van der Waals surface area contributed by atoms with E-state index in [2.05, 4.69) is 62.8 Å². The van der Waals surface area contributed by atoms with E-state index in [1.165, 1.54) is 44.3 Å². The average Bonchev–Trinajstić information content (AvgIpc) is 3.43. The summed E-state index contributed by atoms with van der Waals surface area (Å²) < 4.78 is 2.02. The number of likely N-dealkylation sites (tertiary alicyclic amines) is 1. The zero-order chi connectivity index (χ0) is 23.6. The molecule has 2 unspecified atom stereocenters. The molecule has 7 nitrogen and oxygen atoms in total. The summed E-state index contributed by atoms with van der Waals surface area (Å²) in [5.41, 5.74) is 4.32. The van der Waals surface area contributed by atoms with Gasteiger partial charge in [-0.1, -0.05) is 30.3 Å². The highest BCUT2D eigenvalue weighted by Crippen LogP contribution is 2.32. The third kappa shape index (κ3) is 5.00. The third-order valence-corrected chi connectivity index (χ3v) is 7.31. The SMILES string of the molecule is CC(Nc1nccc(-n2cnc3cc(NCC4CCCN4CC4CC4)ccc32)n1)c1ccccc1. The third-order valence-electron chi connectivity index (χ3n) is 7.31. The van der Waals surface area contributed by atoms with Crippen molar-refractivity contribution in [3.8, 4) is 5.82 Å². The number of benzene rings is 2. The number of anilines is 2. The minimum absolute atomic E-state index is 0.111. The first-order valence-electron chi connectivity index (χ1n) is 12.8. The van der Waals surface area contributed by atoms with Crippen LogP contribution in [-0.4, -0.2) is 50.1 Å². The fourth-order valence-corrected chi connectivity index (χ4v) is 5.11. The quantitative estimate of drug-likeness (QED) is 0.349. The molecule has 2 N–H and O–H groups in total. The second kappa shape index (κ2) is 9.66. The van der Waals surface area contributed by atoms with Gasteiger partial charge in [-0.25, -0.2) is 9.97 Å². The van der Waals surface area contributed by atoms with Crippen LogP contribution in [0, 0.1) is 5.92 Å². The highest BCUT2D eigenvalue weighted by atomic mass is 15.2. The topological polar surface area (TPSA) is 70.9 Å². The Hall–Kier alpha value is -3.45. The Kier molecular flexibility index (Phi) is 6.08. The van der Waals surface area contributed by atoms with Crippen molar-refractivity contribution >= 4 is 22.7 Å². The summed E-state index contributed by atoms with van der Waals surface area (Å²) in [6.07, 6.45) is 9.10. The van der Waals surface area contributed by atoms with Crippen LogP contribution in [0.5, 0.6) is 0 Å². The Labute approximate surface area is 206 Å². The molecule has 0 amide bonds. The molecule has 0 spiro atoms. The van der Waals surface area contributed by atoms with Gasteiger partial charge in [0.2, 0.25) is 5.95 Å². The second-order valence-corrected chi connectivity index (χ2v) is 9.95. The summed E-state index contributed by atoms with van der Waals surface area (Å²) in [4.78, 5) is 16.5. The Morgan fingerprint density at radius 1 is 1.03 bits per heavy atom. The largest absolute Gasteiger partial charge is 0.383 e. The van der Waals surface area contributed by atoms with E-state index >= 15 is 0 Å². The number of nitrogens with zero attached hydrogens (tertiary/aromatic N) is 5. The maximum absolute atomic E-state index is 4.76. The van der Waals surface area contributed by atoms with E-state index in [4.69, 9.17) is 4.98 Å². The van der Waals surface area contributed by atoms with Crippen molar-refractivity contribution in [2.45, 2.75) is 44.7 Å². The Balaban J connectivity index is 1.15. The molecule has 35 heavy (non-hydrogen) atoms. The molecule has 1 saturated heterocycles. The fraction of sp³-hybridized carbons (Fsp3) is 0.393. The lowest BCUT2D eigenvalue weighted by molar-refractivity contribution is 0.252. The highest BCUT2D eigenvalue weighted by molar-refractivity contribution is 5.81. The minimum Gasteiger partial charge on any atom is -0.383 e. The Bertz CT molecular complexity index is 1280. The molecule has 1 saturated carbocycles. The number of rotatable bonds is 9. The summed E-state index contributed by atoms with van der Waals surface area (Å²) in [6.45, 7) is 5.66. The molecule has 2 atom stereocenters. The summed E-state index contributed by atoms with van der Waals surface area (Å²) in [7, 11) is 0. The molecular weight excluding hydrogens is 434 g/mol. The molecule has 2 aliphatic rings. The number of hydrogen-bond donors (Lipinski definition) is 2. The van der Waals surface area contributed by atoms with E-state index in [-0.39, 0.29) is 6.04 Å².